The molecule has 0 bridgehead atoms. The van der Waals surface area contributed by atoms with E-state index in [0.717, 1.165) is 20.8 Å². The fourth-order valence-corrected chi connectivity index (χ4v) is 3.11. The maximum absolute atomic E-state index is 12.3. The molecule has 0 fully saturated rings. The molecular weight excluding hydrogens is 296 g/mol. The normalized spacial score (nSPS) is 10.8. The van der Waals surface area contributed by atoms with Crippen LogP contribution in [0.15, 0.2) is 6.07 Å². The third-order valence-electron chi connectivity index (χ3n) is 2.87. The zero-order valence-corrected chi connectivity index (χ0v) is 12.3. The van der Waals surface area contributed by atoms with Crippen molar-refractivity contribution in [1.82, 2.24) is 14.7 Å². The topological polar surface area (TPSA) is 119 Å². The highest BCUT2D eigenvalue weighted by atomic mass is 32.1. The first-order valence-corrected chi connectivity index (χ1v) is 6.83. The van der Waals surface area contributed by atoms with Gasteiger partial charge in [0.25, 0.3) is 5.91 Å². The number of nitrogens with two attached hydrogens (primary N) is 1. The Labute approximate surface area is 123 Å². The molecule has 8 nitrogen and oxygen atoms in total. The molecule has 21 heavy (non-hydrogen) atoms. The Balaban J connectivity index is 2.35. The summed E-state index contributed by atoms with van der Waals surface area (Å²) >= 11 is 1.20. The standard InChI is InChI=1S/C12H14N4O4S/c1-6-7-3-8(21-12(7)15(2)14-6)11(20)16(4-9(13)17)5-10(18)19/h3H,4-5H2,1-2H3,(H2,13,17)(H,18,19). The number of aromatic nitrogens is 2. The Morgan fingerprint density at radius 2 is 2.10 bits per heavy atom. The average molecular weight is 310 g/mol. The zero-order chi connectivity index (χ0) is 15.7. The number of hydrogen-bond acceptors (Lipinski definition) is 5. The number of rotatable bonds is 5. The van der Waals surface area contributed by atoms with Gasteiger partial charge in [0.15, 0.2) is 0 Å². The number of carboxylic acid groups (broad SMARTS) is 1. The third-order valence-corrected chi connectivity index (χ3v) is 4.06. The summed E-state index contributed by atoms with van der Waals surface area (Å²) in [6.45, 7) is 0.811. The highest BCUT2D eigenvalue weighted by Gasteiger charge is 2.23. The Hall–Kier alpha value is -2.42. The fraction of sp³-hybridized carbons (Fsp3) is 0.333. The van der Waals surface area contributed by atoms with Gasteiger partial charge in [-0.2, -0.15) is 5.10 Å². The van der Waals surface area contributed by atoms with Crippen LogP contribution in [0, 0.1) is 6.92 Å². The van der Waals surface area contributed by atoms with E-state index < -0.39 is 30.9 Å². The quantitative estimate of drug-likeness (QED) is 0.803. The SMILES string of the molecule is Cc1nn(C)c2sc(C(=O)N(CC(N)=O)CC(=O)O)cc12. The van der Waals surface area contributed by atoms with Gasteiger partial charge in [0.2, 0.25) is 5.91 Å². The molecular formula is C12H14N4O4S. The molecule has 2 aromatic heterocycles. The molecule has 112 valence electrons. The summed E-state index contributed by atoms with van der Waals surface area (Å²) in [7, 11) is 1.76. The molecule has 9 heteroatoms. The lowest BCUT2D eigenvalue weighted by atomic mass is 10.3. The third kappa shape index (κ3) is 3.02. The van der Waals surface area contributed by atoms with Crippen LogP contribution in [0.3, 0.4) is 0 Å². The van der Waals surface area contributed by atoms with Crippen LogP contribution in [0.2, 0.25) is 0 Å². The maximum atomic E-state index is 12.3. The Morgan fingerprint density at radius 3 is 2.62 bits per heavy atom. The molecule has 0 aromatic carbocycles. The summed E-state index contributed by atoms with van der Waals surface area (Å²) in [6.07, 6.45) is 0. The van der Waals surface area contributed by atoms with E-state index in [9.17, 15) is 14.4 Å². The van der Waals surface area contributed by atoms with Crippen molar-refractivity contribution >= 4 is 39.3 Å². The lowest BCUT2D eigenvalue weighted by Gasteiger charge is -2.17. The number of aryl methyl sites for hydroxylation is 2. The number of amides is 2. The zero-order valence-electron chi connectivity index (χ0n) is 11.5. The molecule has 2 aromatic rings. The van der Waals surface area contributed by atoms with Crippen molar-refractivity contribution in [2.24, 2.45) is 12.8 Å². The highest BCUT2D eigenvalue weighted by Crippen LogP contribution is 2.28. The number of fused-ring (bicyclic) bond motifs is 1. The van der Waals surface area contributed by atoms with Gasteiger partial charge < -0.3 is 15.7 Å². The van der Waals surface area contributed by atoms with E-state index in [1.165, 1.54) is 11.3 Å². The van der Waals surface area contributed by atoms with Crippen molar-refractivity contribution in [2.75, 3.05) is 13.1 Å². The summed E-state index contributed by atoms with van der Waals surface area (Å²) in [4.78, 5) is 36.2. The van der Waals surface area contributed by atoms with Crippen LogP contribution in [0.5, 0.6) is 0 Å². The second-order valence-electron chi connectivity index (χ2n) is 4.56. The molecule has 3 N–H and O–H groups in total. The van der Waals surface area contributed by atoms with Crippen LogP contribution in [0.25, 0.3) is 10.2 Å². The molecule has 2 heterocycles. The van der Waals surface area contributed by atoms with E-state index in [2.05, 4.69) is 5.10 Å². The lowest BCUT2D eigenvalue weighted by Crippen LogP contribution is -2.41. The van der Waals surface area contributed by atoms with Crippen LogP contribution >= 0.6 is 11.3 Å². The molecule has 0 saturated carbocycles. The van der Waals surface area contributed by atoms with Crippen LogP contribution in [0.4, 0.5) is 0 Å². The Morgan fingerprint density at radius 1 is 1.43 bits per heavy atom. The minimum atomic E-state index is -1.21. The number of carbonyl (C=O) groups excluding carboxylic acids is 2. The van der Waals surface area contributed by atoms with E-state index in [4.69, 9.17) is 10.8 Å². The van der Waals surface area contributed by atoms with Crippen molar-refractivity contribution in [1.29, 1.82) is 0 Å². The van der Waals surface area contributed by atoms with E-state index in [-0.39, 0.29) is 0 Å². The maximum Gasteiger partial charge on any atom is 0.323 e. The van der Waals surface area contributed by atoms with Crippen molar-refractivity contribution in [3.05, 3.63) is 16.6 Å². The number of primary amides is 1. The number of carboxylic acids is 1. The molecule has 0 atom stereocenters. The monoisotopic (exact) mass is 310 g/mol. The van der Waals surface area contributed by atoms with Gasteiger partial charge in [0.1, 0.15) is 17.9 Å². The molecule has 0 radical (unpaired) electrons. The first-order valence-electron chi connectivity index (χ1n) is 6.02. The molecule has 0 aliphatic carbocycles. The van der Waals surface area contributed by atoms with Gasteiger partial charge in [-0.15, -0.1) is 11.3 Å². The molecule has 2 rings (SSSR count). The second kappa shape index (κ2) is 5.52. The summed E-state index contributed by atoms with van der Waals surface area (Å²) in [5, 5.41) is 13.9. The predicted molar refractivity (Wildman–Crippen MR) is 76.1 cm³/mol. The van der Waals surface area contributed by atoms with E-state index in [1.54, 1.807) is 17.8 Å². The van der Waals surface area contributed by atoms with Crippen molar-refractivity contribution < 1.29 is 19.5 Å². The van der Waals surface area contributed by atoms with Crippen molar-refractivity contribution in [2.45, 2.75) is 6.92 Å². The summed E-state index contributed by atoms with van der Waals surface area (Å²) in [5.41, 5.74) is 5.83. The summed E-state index contributed by atoms with van der Waals surface area (Å²) in [6, 6.07) is 1.65. The molecule has 0 saturated heterocycles. The second-order valence-corrected chi connectivity index (χ2v) is 5.59. The smallest absolute Gasteiger partial charge is 0.323 e. The van der Waals surface area contributed by atoms with Crippen LogP contribution in [0.1, 0.15) is 15.4 Å². The molecule has 0 aliphatic heterocycles. The van der Waals surface area contributed by atoms with Gasteiger partial charge in [0.05, 0.1) is 10.6 Å². The number of carbonyl (C=O) groups is 3. The van der Waals surface area contributed by atoms with Gasteiger partial charge in [-0.25, -0.2) is 0 Å². The summed E-state index contributed by atoms with van der Waals surface area (Å²) in [5.74, 6) is -2.50. The van der Waals surface area contributed by atoms with Crippen LogP contribution in [-0.2, 0) is 16.6 Å². The van der Waals surface area contributed by atoms with Crippen molar-refractivity contribution in [3.8, 4) is 0 Å². The number of nitrogens with zero attached hydrogens (tertiary/aromatic N) is 3. The highest BCUT2D eigenvalue weighted by molar-refractivity contribution is 7.20. The first kappa shape index (κ1) is 15.0. The lowest BCUT2D eigenvalue weighted by molar-refractivity contribution is -0.138. The molecule has 2 amide bonds. The fourth-order valence-electron chi connectivity index (χ4n) is 2.02. The van der Waals surface area contributed by atoms with Crippen LogP contribution in [-0.4, -0.2) is 50.7 Å². The minimum Gasteiger partial charge on any atom is -0.480 e. The number of aliphatic carboxylic acids is 1. The number of thiophene rings is 1. The van der Waals surface area contributed by atoms with E-state index in [0.29, 0.717) is 4.88 Å². The van der Waals surface area contributed by atoms with E-state index >= 15 is 0 Å². The van der Waals surface area contributed by atoms with E-state index in [1.807, 2.05) is 6.92 Å². The van der Waals surface area contributed by atoms with Crippen LogP contribution < -0.4 is 5.73 Å². The molecule has 0 unspecified atom stereocenters. The van der Waals surface area contributed by atoms with Gasteiger partial charge in [-0.1, -0.05) is 0 Å². The molecule has 0 spiro atoms. The summed E-state index contributed by atoms with van der Waals surface area (Å²) < 4.78 is 1.65. The predicted octanol–water partition coefficient (Wildman–Crippen LogP) is -0.0447. The number of hydrogen-bond donors (Lipinski definition) is 2. The van der Waals surface area contributed by atoms with Gasteiger partial charge >= 0.3 is 5.97 Å². The first-order chi connectivity index (χ1) is 9.79. The van der Waals surface area contributed by atoms with Crippen molar-refractivity contribution in [3.63, 3.8) is 0 Å². The Kier molecular flexibility index (Phi) is 3.94. The Bertz CT molecular complexity index is 683. The minimum absolute atomic E-state index is 0.351. The van der Waals surface area contributed by atoms with Gasteiger partial charge in [-0.05, 0) is 13.0 Å². The average Bonchev–Trinajstić information content (AvgIpc) is 2.89. The largest absolute Gasteiger partial charge is 0.480 e. The molecule has 0 aliphatic rings. The van der Waals surface area contributed by atoms with Gasteiger partial charge in [-0.3, -0.25) is 19.1 Å². The van der Waals surface area contributed by atoms with Gasteiger partial charge in [0, 0.05) is 12.4 Å².